The summed E-state index contributed by atoms with van der Waals surface area (Å²) in [4.78, 5) is 8.78. The first-order chi connectivity index (χ1) is 18.1. The van der Waals surface area contributed by atoms with Crippen molar-refractivity contribution in [1.29, 1.82) is 0 Å². The molecule has 39 heavy (non-hydrogen) atoms. The first-order valence-electron chi connectivity index (χ1n) is 11.5. The summed E-state index contributed by atoms with van der Waals surface area (Å²) >= 11 is 0. The first-order valence-corrected chi connectivity index (χ1v) is 11.5. The van der Waals surface area contributed by atoms with Gasteiger partial charge in [0.25, 0.3) is 0 Å². The number of alkyl halides is 3. The number of aliphatic hydroxyl groups excluding tert-OH is 1. The van der Waals surface area contributed by atoms with E-state index in [0.717, 1.165) is 40.8 Å². The molecule has 0 atom stereocenters. The third-order valence-electron chi connectivity index (χ3n) is 5.87. The molecule has 0 aliphatic rings. The average Bonchev–Trinajstić information content (AvgIpc) is 3.30. The van der Waals surface area contributed by atoms with Crippen molar-refractivity contribution < 1.29 is 48.5 Å². The van der Waals surface area contributed by atoms with Gasteiger partial charge in [0.1, 0.15) is 23.7 Å². The van der Waals surface area contributed by atoms with Gasteiger partial charge in [-0.15, -0.1) is 0 Å². The maximum atomic E-state index is 14.4. The number of rotatable bonds is 8. The molecule has 0 unspecified atom stereocenters. The molecule has 0 saturated heterocycles. The molecule has 3 aromatic heterocycles. The number of allylic oxidation sites excluding steroid dienone is 3. The van der Waals surface area contributed by atoms with Crippen molar-refractivity contribution in [1.82, 2.24) is 19.7 Å². The molecule has 7 nitrogen and oxygen atoms in total. The number of halogens is 4. The summed E-state index contributed by atoms with van der Waals surface area (Å²) in [6.07, 6.45) is 0.494. The van der Waals surface area contributed by atoms with E-state index in [1.54, 1.807) is 23.9 Å². The molecule has 3 heterocycles. The van der Waals surface area contributed by atoms with E-state index in [9.17, 15) is 17.6 Å². The minimum absolute atomic E-state index is 0. The maximum absolute atomic E-state index is 14.4. The van der Waals surface area contributed by atoms with Crippen molar-refractivity contribution in [2.75, 3.05) is 0 Å². The summed E-state index contributed by atoms with van der Waals surface area (Å²) in [6.45, 7) is 3.41. The molecule has 204 valence electrons. The van der Waals surface area contributed by atoms with Crippen molar-refractivity contribution in [3.05, 3.63) is 100 Å². The summed E-state index contributed by atoms with van der Waals surface area (Å²) in [6, 6.07) is 9.44. The number of ether oxygens (including phenoxy) is 1. The number of fused-ring (bicyclic) bond motifs is 1. The van der Waals surface area contributed by atoms with Crippen LogP contribution in [-0.2, 0) is 41.3 Å². The molecule has 0 spiro atoms. The summed E-state index contributed by atoms with van der Waals surface area (Å²) in [5.41, 5.74) is 4.46. The summed E-state index contributed by atoms with van der Waals surface area (Å²) < 4.78 is 59.3. The van der Waals surface area contributed by atoms with Gasteiger partial charge in [0.15, 0.2) is 5.76 Å². The zero-order chi connectivity index (χ0) is 27.4. The molecule has 0 radical (unpaired) electrons. The summed E-state index contributed by atoms with van der Waals surface area (Å²) in [7, 11) is 1.86. The standard InChI is InChI=1S/C27H24F4N5O2.W/c1-16-12-19(23-9-11-34-36(23)3)18-6-4-7-24(26(18)35-16)38-15-20-17(2)21(28)13-33-22(20)14-32-10-5-8-25(37)27(29,30)31;/h4-13H,14-15H2,1-3H3,(H-,32,34,35,37);/q-1;. The monoisotopic (exact) mass is 710 g/mol. The zero-order valence-corrected chi connectivity index (χ0v) is 24.1. The maximum Gasteiger partial charge on any atom is 0.448 e. The molecule has 0 aliphatic carbocycles. The number of aryl methyl sites for hydroxylation is 2. The predicted octanol–water partition coefficient (Wildman–Crippen LogP) is 6.75. The van der Waals surface area contributed by atoms with Crippen LogP contribution in [0, 0.1) is 19.7 Å². The van der Waals surface area contributed by atoms with E-state index in [4.69, 9.17) is 9.84 Å². The molecular formula is C27H24F4N5O2W-. The van der Waals surface area contributed by atoms with Crippen LogP contribution in [0.15, 0.2) is 66.8 Å². The van der Waals surface area contributed by atoms with E-state index in [1.807, 2.05) is 38.2 Å². The number of nitrogens with zero attached hydrogens (tertiary/aromatic N) is 5. The van der Waals surface area contributed by atoms with Gasteiger partial charge in [0.2, 0.25) is 0 Å². The summed E-state index contributed by atoms with van der Waals surface area (Å²) in [5.74, 6) is -1.76. The number of benzene rings is 1. The minimum Gasteiger partial charge on any atom is -0.686 e. The summed E-state index contributed by atoms with van der Waals surface area (Å²) in [5, 5.41) is 18.1. The molecule has 1 aromatic carbocycles. The molecule has 0 fully saturated rings. The van der Waals surface area contributed by atoms with Crippen molar-refractivity contribution in [3.8, 4) is 17.0 Å². The SMILES string of the molecule is Cc1cc(-c2ccnn2C)c2cccc(OCc3c(C[N-]/C=C\C=C(/O)C(F)(F)F)ncc(F)c3C)c2n1.[W]. The third-order valence-corrected chi connectivity index (χ3v) is 5.87. The fourth-order valence-corrected chi connectivity index (χ4v) is 3.89. The third kappa shape index (κ3) is 6.84. The van der Waals surface area contributed by atoms with Crippen LogP contribution in [0.1, 0.15) is 22.5 Å². The number of hydrogen-bond donors (Lipinski definition) is 1. The second-order valence-corrected chi connectivity index (χ2v) is 8.48. The van der Waals surface area contributed by atoms with E-state index in [2.05, 4.69) is 20.4 Å². The van der Waals surface area contributed by atoms with Gasteiger partial charge in [0.05, 0.1) is 11.9 Å². The number of aromatic nitrogens is 4. The zero-order valence-electron chi connectivity index (χ0n) is 21.2. The quantitative estimate of drug-likeness (QED) is 0.124. The molecule has 0 amide bonds. The van der Waals surface area contributed by atoms with Gasteiger partial charge in [-0.2, -0.15) is 24.5 Å². The van der Waals surface area contributed by atoms with Crippen LogP contribution in [0.3, 0.4) is 0 Å². The Bertz CT molecular complexity index is 1530. The Hall–Kier alpha value is -3.72. The van der Waals surface area contributed by atoms with Crippen molar-refractivity contribution in [2.45, 2.75) is 33.2 Å². The Morgan fingerprint density at radius 1 is 1.21 bits per heavy atom. The van der Waals surface area contributed by atoms with Gasteiger partial charge in [0, 0.05) is 62.2 Å². The van der Waals surface area contributed by atoms with Crippen LogP contribution in [0.5, 0.6) is 5.75 Å². The van der Waals surface area contributed by atoms with Gasteiger partial charge >= 0.3 is 6.18 Å². The van der Waals surface area contributed by atoms with Gasteiger partial charge in [-0.05, 0) is 43.7 Å². The Kier molecular flexibility index (Phi) is 9.50. The van der Waals surface area contributed by atoms with E-state index in [-0.39, 0.29) is 34.2 Å². The van der Waals surface area contributed by atoms with Crippen LogP contribution in [0.2, 0.25) is 0 Å². The van der Waals surface area contributed by atoms with Gasteiger partial charge in [-0.25, -0.2) is 9.37 Å². The fourth-order valence-electron chi connectivity index (χ4n) is 3.89. The second kappa shape index (κ2) is 12.4. The second-order valence-electron chi connectivity index (χ2n) is 8.48. The van der Waals surface area contributed by atoms with Crippen LogP contribution in [0.25, 0.3) is 27.5 Å². The molecule has 0 saturated carbocycles. The Balaban J connectivity index is 0.00000420. The molecule has 12 heteroatoms. The largest absolute Gasteiger partial charge is 0.686 e. The Morgan fingerprint density at radius 3 is 2.67 bits per heavy atom. The van der Waals surface area contributed by atoms with Crippen LogP contribution < -0.4 is 4.74 Å². The van der Waals surface area contributed by atoms with Crippen molar-refractivity contribution in [3.63, 3.8) is 0 Å². The number of para-hydroxylation sites is 1. The molecule has 1 N–H and O–H groups in total. The molecule has 0 aliphatic heterocycles. The minimum atomic E-state index is -4.84. The number of aliphatic hydroxyl groups is 1. The smallest absolute Gasteiger partial charge is 0.448 e. The van der Waals surface area contributed by atoms with Crippen LogP contribution in [0.4, 0.5) is 17.6 Å². The average molecular weight is 710 g/mol. The predicted molar refractivity (Wildman–Crippen MR) is 135 cm³/mol. The van der Waals surface area contributed by atoms with Crippen molar-refractivity contribution >= 4 is 10.9 Å². The fraction of sp³-hybridized carbons (Fsp3) is 0.222. The normalized spacial score (nSPS) is 12.1. The molecule has 0 bridgehead atoms. The van der Waals surface area contributed by atoms with Crippen LogP contribution in [-0.4, -0.2) is 31.0 Å². The molecule has 4 rings (SSSR count). The van der Waals surface area contributed by atoms with Crippen molar-refractivity contribution in [2.24, 2.45) is 7.05 Å². The Labute approximate surface area is 236 Å². The molecular weight excluding hydrogens is 686 g/mol. The first kappa shape index (κ1) is 29.8. The van der Waals surface area contributed by atoms with Gasteiger partial charge in [-0.3, -0.25) is 9.67 Å². The van der Waals surface area contributed by atoms with E-state index in [1.165, 1.54) is 0 Å². The van der Waals surface area contributed by atoms with E-state index < -0.39 is 17.8 Å². The van der Waals surface area contributed by atoms with Gasteiger partial charge in [-0.1, -0.05) is 24.8 Å². The van der Waals surface area contributed by atoms with Gasteiger partial charge < -0.3 is 15.2 Å². The number of hydrogen-bond acceptors (Lipinski definition) is 5. The Morgan fingerprint density at radius 2 is 1.97 bits per heavy atom. The topological polar surface area (TPSA) is 87.2 Å². The van der Waals surface area contributed by atoms with E-state index >= 15 is 0 Å². The van der Waals surface area contributed by atoms with E-state index in [0.29, 0.717) is 34.2 Å². The van der Waals surface area contributed by atoms with Crippen LogP contribution >= 0.6 is 0 Å². The molecule has 4 aromatic rings. The number of pyridine rings is 2.